The highest BCUT2D eigenvalue weighted by atomic mass is 14.5. The van der Waals surface area contributed by atoms with Crippen molar-refractivity contribution in [3.05, 3.63) is 18.0 Å². The second kappa shape index (κ2) is 2.55. The average molecular weight is 83.1 g/mol. The molecule has 1 nitrogen and oxygen atoms in total. The highest BCUT2D eigenvalue weighted by Gasteiger charge is 1.72. The molecule has 0 rings (SSSR count). The summed E-state index contributed by atoms with van der Waals surface area (Å²) in [7, 11) is 0. The molecule has 1 heteroatoms. The van der Waals surface area contributed by atoms with Gasteiger partial charge in [0.15, 0.2) is 0 Å². The van der Waals surface area contributed by atoms with E-state index in [9.17, 15) is 0 Å². The Labute approximate surface area is 38.2 Å². The smallest absolute Gasteiger partial charge is 0.0502 e. The molecule has 0 aromatic heterocycles. The van der Waals surface area contributed by atoms with E-state index in [0.29, 0.717) is 0 Å². The molecular weight excluding hydrogens is 74.1 g/mol. The first-order chi connectivity index (χ1) is 2.81. The lowest BCUT2D eigenvalue weighted by Gasteiger charge is -1.81. The van der Waals surface area contributed by atoms with E-state index in [0.717, 1.165) is 12.1 Å². The average Bonchev–Trinajstić information content (AvgIpc) is 1.65. The molecule has 0 atom stereocenters. The van der Waals surface area contributed by atoms with Gasteiger partial charge in [0.25, 0.3) is 0 Å². The fourth-order valence-electron chi connectivity index (χ4n) is 0.125. The normalized spacial score (nSPS) is 6.83. The molecule has 0 bridgehead atoms. The molecule has 0 aromatic rings. The van der Waals surface area contributed by atoms with Gasteiger partial charge in [-0.05, 0) is 6.42 Å². The summed E-state index contributed by atoms with van der Waals surface area (Å²) in [6.07, 6.45) is 0.851. The van der Waals surface area contributed by atoms with Gasteiger partial charge in [-0.15, -0.1) is 5.73 Å². The maximum absolute atomic E-state index is 5.22. The van der Waals surface area contributed by atoms with Crippen LogP contribution in [0.5, 0.6) is 0 Å². The van der Waals surface area contributed by atoms with Gasteiger partial charge >= 0.3 is 0 Å². The van der Waals surface area contributed by atoms with Crippen LogP contribution in [0, 0.1) is 0 Å². The number of hydrogen-bond acceptors (Lipinski definition) is 1. The van der Waals surface area contributed by atoms with Crippen molar-refractivity contribution in [3.8, 4) is 0 Å². The van der Waals surface area contributed by atoms with Crippen LogP contribution in [-0.4, -0.2) is 0 Å². The van der Waals surface area contributed by atoms with Crippen LogP contribution in [0.4, 0.5) is 0 Å². The van der Waals surface area contributed by atoms with Crippen molar-refractivity contribution in [2.45, 2.75) is 13.3 Å². The molecule has 0 spiro atoms. The molecule has 0 aromatic carbocycles. The van der Waals surface area contributed by atoms with Crippen LogP contribution in [0.15, 0.2) is 18.0 Å². The van der Waals surface area contributed by atoms with Crippen LogP contribution >= 0.6 is 0 Å². The van der Waals surface area contributed by atoms with Crippen LogP contribution in [0.25, 0.3) is 0 Å². The van der Waals surface area contributed by atoms with Gasteiger partial charge in [-0.3, -0.25) is 0 Å². The molecule has 0 aliphatic carbocycles. The van der Waals surface area contributed by atoms with Crippen molar-refractivity contribution in [1.82, 2.24) is 0 Å². The lowest BCUT2D eigenvalue weighted by atomic mass is 10.4. The van der Waals surface area contributed by atoms with Gasteiger partial charge in [0.2, 0.25) is 0 Å². The summed E-state index contributed by atoms with van der Waals surface area (Å²) in [5.41, 5.74) is 8.51. The molecule has 0 aliphatic heterocycles. The van der Waals surface area contributed by atoms with Gasteiger partial charge < -0.3 is 5.73 Å². The zero-order chi connectivity index (χ0) is 4.99. The first kappa shape index (κ1) is 5.32. The predicted octanol–water partition coefficient (Wildman–Crippen LogP) is 1.02. The van der Waals surface area contributed by atoms with Crippen molar-refractivity contribution in [2.75, 3.05) is 0 Å². The summed E-state index contributed by atoms with van der Waals surface area (Å²) < 4.78 is 0. The van der Waals surface area contributed by atoms with E-state index in [-0.39, 0.29) is 0 Å². The molecule has 0 amide bonds. The Morgan fingerprint density at radius 3 is 2.50 bits per heavy atom. The van der Waals surface area contributed by atoms with Crippen molar-refractivity contribution >= 4 is 0 Å². The van der Waals surface area contributed by atoms with Crippen molar-refractivity contribution in [1.29, 1.82) is 0 Å². The van der Waals surface area contributed by atoms with Gasteiger partial charge in [0.1, 0.15) is 0 Å². The minimum absolute atomic E-state index is 0.731. The van der Waals surface area contributed by atoms with E-state index in [1.165, 1.54) is 0 Å². The second-order valence-electron chi connectivity index (χ2n) is 1.06. The van der Waals surface area contributed by atoms with Crippen LogP contribution in [0.2, 0.25) is 0 Å². The van der Waals surface area contributed by atoms with E-state index in [1.807, 2.05) is 6.92 Å². The standard InChI is InChI=1S/C5H9N/c1-3-5(6)4-2/h1,4,6H2,2H3. The number of rotatable bonds is 1. The van der Waals surface area contributed by atoms with Gasteiger partial charge in [-0.25, -0.2) is 0 Å². The van der Waals surface area contributed by atoms with Crippen LogP contribution < -0.4 is 5.73 Å². The van der Waals surface area contributed by atoms with Crippen LogP contribution in [0.1, 0.15) is 13.3 Å². The largest absolute Gasteiger partial charge is 0.396 e. The Morgan fingerprint density at radius 2 is 2.50 bits per heavy atom. The third-order valence-corrected chi connectivity index (χ3v) is 0.608. The fourth-order valence-corrected chi connectivity index (χ4v) is 0.125. The number of hydrogen-bond donors (Lipinski definition) is 1. The first-order valence-electron chi connectivity index (χ1n) is 1.95. The van der Waals surface area contributed by atoms with Crippen molar-refractivity contribution in [2.24, 2.45) is 5.73 Å². The van der Waals surface area contributed by atoms with E-state index < -0.39 is 0 Å². The third-order valence-electron chi connectivity index (χ3n) is 0.608. The molecule has 0 saturated carbocycles. The molecule has 0 unspecified atom stereocenters. The minimum atomic E-state index is 0.731. The molecule has 0 saturated heterocycles. The summed E-state index contributed by atoms with van der Waals surface area (Å²) >= 11 is 0. The minimum Gasteiger partial charge on any atom is -0.396 e. The summed E-state index contributed by atoms with van der Waals surface area (Å²) in [4.78, 5) is 0. The summed E-state index contributed by atoms with van der Waals surface area (Å²) in [5.74, 6) is 0. The molecule has 0 aliphatic rings. The molecule has 2 N–H and O–H groups in total. The molecule has 34 valence electrons. The Balaban J connectivity index is 3.52. The molecule has 0 heterocycles. The van der Waals surface area contributed by atoms with Crippen molar-refractivity contribution < 1.29 is 0 Å². The Kier molecular flexibility index (Phi) is 2.26. The van der Waals surface area contributed by atoms with Gasteiger partial charge in [0.05, 0.1) is 5.70 Å². The highest BCUT2D eigenvalue weighted by Crippen LogP contribution is 1.81. The monoisotopic (exact) mass is 83.1 g/mol. The lowest BCUT2D eigenvalue weighted by Crippen LogP contribution is -1.90. The lowest BCUT2D eigenvalue weighted by molar-refractivity contribution is 1.08. The van der Waals surface area contributed by atoms with E-state index in [1.54, 1.807) is 0 Å². The van der Waals surface area contributed by atoms with E-state index in [2.05, 4.69) is 12.3 Å². The number of allylic oxidation sites excluding steroid dienone is 1. The van der Waals surface area contributed by atoms with Crippen molar-refractivity contribution in [3.63, 3.8) is 0 Å². The second-order valence-corrected chi connectivity index (χ2v) is 1.06. The summed E-state index contributed by atoms with van der Waals surface area (Å²) in [6.45, 7) is 5.31. The topological polar surface area (TPSA) is 26.0 Å². The number of nitrogens with two attached hydrogens (primary N) is 1. The zero-order valence-corrected chi connectivity index (χ0v) is 3.99. The summed E-state index contributed by atoms with van der Waals surface area (Å²) in [6, 6.07) is 0. The van der Waals surface area contributed by atoms with Crippen LogP contribution in [-0.2, 0) is 0 Å². The van der Waals surface area contributed by atoms with E-state index >= 15 is 0 Å². The Hall–Kier alpha value is -0.680. The van der Waals surface area contributed by atoms with Crippen LogP contribution in [0.3, 0.4) is 0 Å². The molecule has 0 fully saturated rings. The molecular formula is C5H9N. The quantitative estimate of drug-likeness (QED) is 0.471. The van der Waals surface area contributed by atoms with E-state index in [4.69, 9.17) is 5.73 Å². The highest BCUT2D eigenvalue weighted by molar-refractivity contribution is 4.89. The van der Waals surface area contributed by atoms with Gasteiger partial charge in [0, 0.05) is 0 Å². The fraction of sp³-hybridized carbons (Fsp3) is 0.400. The SMILES string of the molecule is C=C=C(N)CC. The predicted molar refractivity (Wildman–Crippen MR) is 27.1 cm³/mol. The zero-order valence-electron chi connectivity index (χ0n) is 3.99. The first-order valence-corrected chi connectivity index (χ1v) is 1.95. The Bertz CT molecular complexity index is 77.9. The molecule has 0 radical (unpaired) electrons. The van der Waals surface area contributed by atoms with Gasteiger partial charge in [-0.2, -0.15) is 0 Å². The third kappa shape index (κ3) is 1.62. The Morgan fingerprint density at radius 1 is 2.00 bits per heavy atom. The maximum atomic E-state index is 5.22. The summed E-state index contributed by atoms with van der Waals surface area (Å²) in [5, 5.41) is 0. The molecule has 6 heavy (non-hydrogen) atoms. The maximum Gasteiger partial charge on any atom is 0.0502 e. The van der Waals surface area contributed by atoms with Gasteiger partial charge in [-0.1, -0.05) is 13.5 Å².